The molecule has 0 fully saturated rings. The lowest BCUT2D eigenvalue weighted by molar-refractivity contribution is 1.04. The van der Waals surface area contributed by atoms with E-state index in [0.29, 0.717) is 0 Å². The highest BCUT2D eigenvalue weighted by Gasteiger charge is 2.05. The van der Waals surface area contributed by atoms with Crippen LogP contribution in [0.15, 0.2) is 48.7 Å². The summed E-state index contributed by atoms with van der Waals surface area (Å²) in [5.41, 5.74) is 3.15. The van der Waals surface area contributed by atoms with E-state index in [1.807, 2.05) is 55.6 Å². The Morgan fingerprint density at radius 2 is 1.86 bits per heavy atom. The summed E-state index contributed by atoms with van der Waals surface area (Å²) in [5.74, 6) is 0.995. The number of aromatic nitrogens is 3. The maximum atomic E-state index is 4.61. The fourth-order valence-corrected chi connectivity index (χ4v) is 3.32. The largest absolute Gasteiger partial charge is 0.303 e. The van der Waals surface area contributed by atoms with Gasteiger partial charge in [0.1, 0.15) is 10.8 Å². The highest BCUT2D eigenvalue weighted by Crippen LogP contribution is 2.23. The maximum absolute atomic E-state index is 4.61. The highest BCUT2D eigenvalue weighted by atomic mass is 32.1. The summed E-state index contributed by atoms with van der Waals surface area (Å²) in [6, 6.07) is 14.3. The number of aryl methyl sites for hydroxylation is 1. The van der Waals surface area contributed by atoms with Crippen LogP contribution in [0.2, 0.25) is 0 Å². The van der Waals surface area contributed by atoms with Crippen molar-refractivity contribution in [2.45, 2.75) is 6.92 Å². The average Bonchev–Trinajstić information content (AvgIpc) is 3.07. The minimum Gasteiger partial charge on any atom is -0.303 e. The van der Waals surface area contributed by atoms with E-state index in [2.05, 4.69) is 26.5 Å². The SMILES string of the molecule is Cc1nc(/C=C/c2nc3ccccc3s2)c2ccccn12. The van der Waals surface area contributed by atoms with Crippen LogP contribution in [-0.4, -0.2) is 14.4 Å². The van der Waals surface area contributed by atoms with Crippen LogP contribution in [0.5, 0.6) is 0 Å². The van der Waals surface area contributed by atoms with Crippen LogP contribution in [0.1, 0.15) is 16.5 Å². The zero-order chi connectivity index (χ0) is 14.2. The van der Waals surface area contributed by atoms with Gasteiger partial charge in [0, 0.05) is 6.20 Å². The Hall–Kier alpha value is -2.46. The van der Waals surface area contributed by atoms with Gasteiger partial charge in [0.2, 0.25) is 0 Å². The number of thiazole rings is 1. The van der Waals surface area contributed by atoms with E-state index in [4.69, 9.17) is 0 Å². The molecule has 0 amide bonds. The van der Waals surface area contributed by atoms with Crippen molar-refractivity contribution < 1.29 is 0 Å². The standard InChI is InChI=1S/C17H13N3S/c1-12-18-13(15-7-4-5-11-20(12)15)9-10-17-19-14-6-2-3-8-16(14)21-17/h2-11H,1H3/b10-9+. The molecule has 0 unspecified atom stereocenters. The monoisotopic (exact) mass is 291 g/mol. The second kappa shape index (κ2) is 4.82. The molecule has 0 saturated heterocycles. The first-order chi connectivity index (χ1) is 10.3. The van der Waals surface area contributed by atoms with Gasteiger partial charge in [0.15, 0.2) is 0 Å². The molecule has 0 aliphatic rings. The van der Waals surface area contributed by atoms with Crippen molar-refractivity contribution in [2.24, 2.45) is 0 Å². The van der Waals surface area contributed by atoms with Gasteiger partial charge < -0.3 is 4.40 Å². The van der Waals surface area contributed by atoms with Gasteiger partial charge >= 0.3 is 0 Å². The van der Waals surface area contributed by atoms with E-state index in [1.54, 1.807) is 11.3 Å². The van der Waals surface area contributed by atoms with Crippen molar-refractivity contribution in [3.05, 3.63) is 65.2 Å². The minimum absolute atomic E-state index is 0.979. The first-order valence-corrected chi connectivity index (χ1v) is 7.60. The summed E-state index contributed by atoms with van der Waals surface area (Å²) in [7, 11) is 0. The molecule has 0 atom stereocenters. The molecular weight excluding hydrogens is 278 g/mol. The molecule has 0 radical (unpaired) electrons. The fourth-order valence-electron chi connectivity index (χ4n) is 2.45. The van der Waals surface area contributed by atoms with E-state index in [1.165, 1.54) is 4.70 Å². The third kappa shape index (κ3) is 2.14. The number of fused-ring (bicyclic) bond motifs is 2. The van der Waals surface area contributed by atoms with Gasteiger partial charge in [-0.15, -0.1) is 11.3 Å². The van der Waals surface area contributed by atoms with Gasteiger partial charge in [-0.2, -0.15) is 0 Å². The second-order valence-electron chi connectivity index (χ2n) is 4.85. The molecular formula is C17H13N3S. The first kappa shape index (κ1) is 12.3. The normalized spacial score (nSPS) is 11.9. The summed E-state index contributed by atoms with van der Waals surface area (Å²) < 4.78 is 3.31. The van der Waals surface area contributed by atoms with Crippen LogP contribution in [0, 0.1) is 6.92 Å². The van der Waals surface area contributed by atoms with Gasteiger partial charge in [-0.05, 0) is 43.3 Å². The molecule has 21 heavy (non-hydrogen) atoms. The van der Waals surface area contributed by atoms with Crippen LogP contribution in [0.4, 0.5) is 0 Å². The predicted molar refractivity (Wildman–Crippen MR) is 88.5 cm³/mol. The quantitative estimate of drug-likeness (QED) is 0.547. The first-order valence-electron chi connectivity index (χ1n) is 6.78. The van der Waals surface area contributed by atoms with Crippen LogP contribution < -0.4 is 0 Å². The minimum atomic E-state index is 0.979. The predicted octanol–water partition coefficient (Wildman–Crippen LogP) is 4.42. The van der Waals surface area contributed by atoms with Crippen LogP contribution >= 0.6 is 11.3 Å². The van der Waals surface area contributed by atoms with E-state index < -0.39 is 0 Å². The van der Waals surface area contributed by atoms with E-state index in [-0.39, 0.29) is 0 Å². The lowest BCUT2D eigenvalue weighted by Crippen LogP contribution is -1.84. The summed E-state index contributed by atoms with van der Waals surface area (Å²) >= 11 is 1.70. The van der Waals surface area contributed by atoms with E-state index >= 15 is 0 Å². The molecule has 0 saturated carbocycles. The Bertz CT molecular complexity index is 929. The lowest BCUT2D eigenvalue weighted by atomic mass is 10.3. The Labute approximate surface area is 126 Å². The fraction of sp³-hybridized carbons (Fsp3) is 0.0588. The number of nitrogens with zero attached hydrogens (tertiary/aromatic N) is 3. The van der Waals surface area contributed by atoms with Gasteiger partial charge in [-0.3, -0.25) is 0 Å². The number of rotatable bonds is 2. The molecule has 4 aromatic rings. The lowest BCUT2D eigenvalue weighted by Gasteiger charge is -1.93. The molecule has 1 aromatic carbocycles. The Kier molecular flexibility index (Phi) is 2.82. The van der Waals surface area contributed by atoms with Crippen molar-refractivity contribution in [3.8, 4) is 0 Å². The zero-order valence-electron chi connectivity index (χ0n) is 11.5. The summed E-state index contributed by atoms with van der Waals surface area (Å²) in [6.45, 7) is 2.02. The summed E-state index contributed by atoms with van der Waals surface area (Å²) in [4.78, 5) is 9.22. The van der Waals surface area contributed by atoms with Crippen molar-refractivity contribution in [2.75, 3.05) is 0 Å². The molecule has 102 valence electrons. The number of hydrogen-bond acceptors (Lipinski definition) is 3. The number of benzene rings is 1. The van der Waals surface area contributed by atoms with Gasteiger partial charge in [0.25, 0.3) is 0 Å². The number of hydrogen-bond donors (Lipinski definition) is 0. The van der Waals surface area contributed by atoms with E-state index in [0.717, 1.165) is 27.6 Å². The zero-order valence-corrected chi connectivity index (χ0v) is 12.3. The third-order valence-corrected chi connectivity index (χ3v) is 4.45. The second-order valence-corrected chi connectivity index (χ2v) is 5.92. The number of para-hydroxylation sites is 1. The third-order valence-electron chi connectivity index (χ3n) is 3.45. The van der Waals surface area contributed by atoms with Crippen molar-refractivity contribution in [1.82, 2.24) is 14.4 Å². The number of imidazole rings is 1. The molecule has 0 aliphatic carbocycles. The molecule has 0 spiro atoms. The molecule has 3 aromatic heterocycles. The molecule has 0 bridgehead atoms. The molecule has 3 heterocycles. The summed E-state index contributed by atoms with van der Waals surface area (Å²) in [5, 5.41) is 1.01. The molecule has 4 heteroatoms. The summed E-state index contributed by atoms with van der Waals surface area (Å²) in [6.07, 6.45) is 6.12. The van der Waals surface area contributed by atoms with E-state index in [9.17, 15) is 0 Å². The highest BCUT2D eigenvalue weighted by molar-refractivity contribution is 7.19. The molecule has 0 N–H and O–H groups in total. The average molecular weight is 291 g/mol. The van der Waals surface area contributed by atoms with Gasteiger partial charge in [0.05, 0.1) is 21.4 Å². The number of pyridine rings is 1. The maximum Gasteiger partial charge on any atom is 0.117 e. The smallest absolute Gasteiger partial charge is 0.117 e. The van der Waals surface area contributed by atoms with Crippen LogP contribution in [0.25, 0.3) is 27.9 Å². The molecule has 4 rings (SSSR count). The Morgan fingerprint density at radius 1 is 1.00 bits per heavy atom. The van der Waals surface area contributed by atoms with Gasteiger partial charge in [-0.25, -0.2) is 9.97 Å². The van der Waals surface area contributed by atoms with Crippen molar-refractivity contribution >= 4 is 39.2 Å². The van der Waals surface area contributed by atoms with Crippen molar-refractivity contribution in [3.63, 3.8) is 0 Å². The van der Waals surface area contributed by atoms with Gasteiger partial charge in [-0.1, -0.05) is 18.2 Å². The van der Waals surface area contributed by atoms with Crippen molar-refractivity contribution in [1.29, 1.82) is 0 Å². The topological polar surface area (TPSA) is 30.2 Å². The van der Waals surface area contributed by atoms with Crippen LogP contribution in [0.3, 0.4) is 0 Å². The Balaban J connectivity index is 1.76. The molecule has 0 aliphatic heterocycles. The Morgan fingerprint density at radius 3 is 2.76 bits per heavy atom. The van der Waals surface area contributed by atoms with Crippen LogP contribution in [-0.2, 0) is 0 Å². The molecule has 3 nitrogen and oxygen atoms in total.